The van der Waals surface area contributed by atoms with Gasteiger partial charge in [0.15, 0.2) is 0 Å². The van der Waals surface area contributed by atoms with E-state index in [1.165, 1.54) is 7.05 Å². The minimum absolute atomic E-state index is 0.175. The summed E-state index contributed by atoms with van der Waals surface area (Å²) in [6, 6.07) is 4.73. The van der Waals surface area contributed by atoms with E-state index in [0.29, 0.717) is 10.7 Å². The molecule has 0 bridgehead atoms. The van der Waals surface area contributed by atoms with Crippen LogP contribution in [0.2, 0.25) is 5.02 Å². The number of rotatable bonds is 2. The quantitative estimate of drug-likeness (QED) is 0.851. The molecule has 2 rings (SSSR count). The lowest BCUT2D eigenvalue weighted by molar-refractivity contribution is -0.136. The topological polar surface area (TPSA) is 49.4 Å². The number of anilines is 1. The van der Waals surface area contributed by atoms with E-state index in [0.717, 1.165) is 9.37 Å². The highest BCUT2D eigenvalue weighted by molar-refractivity contribution is 9.10. The van der Waals surface area contributed by atoms with Gasteiger partial charge in [-0.3, -0.25) is 14.5 Å². The Kier molecular flexibility index (Phi) is 3.40. The van der Waals surface area contributed by atoms with Crippen LogP contribution >= 0.6 is 27.5 Å². The molecule has 1 fully saturated rings. The highest BCUT2D eigenvalue weighted by atomic mass is 79.9. The summed E-state index contributed by atoms with van der Waals surface area (Å²) in [5, 5.41) is 3.59. The molecule has 1 atom stereocenters. The Balaban J connectivity index is 2.19. The van der Waals surface area contributed by atoms with Gasteiger partial charge in [-0.15, -0.1) is 0 Å². The molecular formula is C11H10BrClN2O2. The highest BCUT2D eigenvalue weighted by Gasteiger charge is 2.36. The summed E-state index contributed by atoms with van der Waals surface area (Å²) in [4.78, 5) is 24.2. The molecule has 0 aliphatic carbocycles. The maximum Gasteiger partial charge on any atom is 0.251 e. The first-order valence-electron chi connectivity index (χ1n) is 5.01. The summed E-state index contributed by atoms with van der Waals surface area (Å²) >= 11 is 9.23. The molecule has 6 heteroatoms. The molecule has 1 unspecified atom stereocenters. The van der Waals surface area contributed by atoms with Gasteiger partial charge in [0, 0.05) is 16.5 Å². The molecule has 0 saturated carbocycles. The van der Waals surface area contributed by atoms with Gasteiger partial charge in [0.1, 0.15) is 6.04 Å². The van der Waals surface area contributed by atoms with E-state index in [1.54, 1.807) is 18.2 Å². The van der Waals surface area contributed by atoms with Crippen molar-refractivity contribution in [2.24, 2.45) is 0 Å². The lowest BCUT2D eigenvalue weighted by atomic mass is 10.2. The van der Waals surface area contributed by atoms with Gasteiger partial charge in [0.25, 0.3) is 5.91 Å². The van der Waals surface area contributed by atoms with Crippen LogP contribution in [0.4, 0.5) is 5.69 Å². The van der Waals surface area contributed by atoms with Crippen LogP contribution in [-0.2, 0) is 9.59 Å². The van der Waals surface area contributed by atoms with E-state index in [-0.39, 0.29) is 18.2 Å². The van der Waals surface area contributed by atoms with Gasteiger partial charge in [-0.25, -0.2) is 0 Å². The van der Waals surface area contributed by atoms with Crippen molar-refractivity contribution in [1.29, 1.82) is 0 Å². The van der Waals surface area contributed by atoms with E-state index >= 15 is 0 Å². The van der Waals surface area contributed by atoms with Crippen LogP contribution in [0, 0.1) is 0 Å². The van der Waals surface area contributed by atoms with Crippen molar-refractivity contribution in [3.63, 3.8) is 0 Å². The third-order valence-corrected chi connectivity index (χ3v) is 3.57. The fraction of sp³-hybridized carbons (Fsp3) is 0.273. The van der Waals surface area contributed by atoms with E-state index in [4.69, 9.17) is 11.6 Å². The first kappa shape index (κ1) is 12.4. The molecule has 0 spiro atoms. The molecule has 2 amide bonds. The van der Waals surface area contributed by atoms with Gasteiger partial charge < -0.3 is 5.32 Å². The molecule has 1 saturated heterocycles. The van der Waals surface area contributed by atoms with Crippen molar-refractivity contribution >= 4 is 45.0 Å². The number of benzene rings is 1. The van der Waals surface area contributed by atoms with Crippen LogP contribution in [0.3, 0.4) is 0 Å². The Labute approximate surface area is 112 Å². The maximum absolute atomic E-state index is 11.7. The first-order chi connectivity index (χ1) is 7.99. The standard InChI is InChI=1S/C11H10BrClN2O2/c1-15-10(16)5-9(11(15)17)14-8-4-6(13)2-3-7(8)12/h2-4,9,14H,5H2,1H3. The monoisotopic (exact) mass is 316 g/mol. The van der Waals surface area contributed by atoms with Gasteiger partial charge in [0.05, 0.1) is 12.1 Å². The number of amides is 2. The molecule has 1 N–H and O–H groups in total. The molecule has 0 radical (unpaired) electrons. The number of likely N-dealkylation sites (N-methyl/N-ethyl adjacent to an activating group) is 1. The lowest BCUT2D eigenvalue weighted by Crippen LogP contribution is -2.31. The Bertz CT molecular complexity index is 492. The lowest BCUT2D eigenvalue weighted by Gasteiger charge is -2.13. The van der Waals surface area contributed by atoms with Crippen molar-refractivity contribution in [1.82, 2.24) is 4.90 Å². The molecular weight excluding hydrogens is 307 g/mol. The molecule has 1 aromatic carbocycles. The van der Waals surface area contributed by atoms with E-state index in [2.05, 4.69) is 21.2 Å². The summed E-state index contributed by atoms with van der Waals surface area (Å²) in [5.41, 5.74) is 0.707. The molecule has 4 nitrogen and oxygen atoms in total. The zero-order valence-electron chi connectivity index (χ0n) is 9.04. The van der Waals surface area contributed by atoms with Crippen molar-refractivity contribution < 1.29 is 9.59 Å². The van der Waals surface area contributed by atoms with E-state index in [9.17, 15) is 9.59 Å². The van der Waals surface area contributed by atoms with E-state index in [1.807, 2.05) is 0 Å². The van der Waals surface area contributed by atoms with Gasteiger partial charge in [-0.2, -0.15) is 0 Å². The molecule has 0 aromatic heterocycles. The highest BCUT2D eigenvalue weighted by Crippen LogP contribution is 2.28. The van der Waals surface area contributed by atoms with Crippen LogP contribution in [0.25, 0.3) is 0 Å². The number of nitrogens with zero attached hydrogens (tertiary/aromatic N) is 1. The van der Waals surface area contributed by atoms with Crippen LogP contribution < -0.4 is 5.32 Å². The number of nitrogens with one attached hydrogen (secondary N) is 1. The predicted molar refractivity (Wildman–Crippen MR) is 69.0 cm³/mol. The second kappa shape index (κ2) is 4.66. The maximum atomic E-state index is 11.7. The molecule has 1 heterocycles. The number of likely N-dealkylation sites (tertiary alicyclic amines) is 1. The Morgan fingerprint density at radius 3 is 2.76 bits per heavy atom. The van der Waals surface area contributed by atoms with Crippen molar-refractivity contribution in [2.45, 2.75) is 12.5 Å². The van der Waals surface area contributed by atoms with Crippen molar-refractivity contribution in [2.75, 3.05) is 12.4 Å². The van der Waals surface area contributed by atoms with Crippen LogP contribution in [-0.4, -0.2) is 29.8 Å². The predicted octanol–water partition coefficient (Wildman–Crippen LogP) is 2.27. The zero-order valence-corrected chi connectivity index (χ0v) is 11.4. The zero-order chi connectivity index (χ0) is 12.6. The largest absolute Gasteiger partial charge is 0.372 e. The smallest absolute Gasteiger partial charge is 0.251 e. The molecule has 90 valence electrons. The SMILES string of the molecule is CN1C(=O)CC(Nc2cc(Cl)ccc2Br)C1=O. The minimum atomic E-state index is -0.512. The van der Waals surface area contributed by atoms with Crippen LogP contribution in [0.15, 0.2) is 22.7 Å². The minimum Gasteiger partial charge on any atom is -0.372 e. The second-order valence-corrected chi connectivity index (χ2v) is 5.11. The average Bonchev–Trinajstić information content (AvgIpc) is 2.52. The van der Waals surface area contributed by atoms with Crippen molar-refractivity contribution in [3.8, 4) is 0 Å². The molecule has 1 aliphatic heterocycles. The van der Waals surface area contributed by atoms with Gasteiger partial charge in [0.2, 0.25) is 5.91 Å². The fourth-order valence-corrected chi connectivity index (χ4v) is 2.20. The average molecular weight is 318 g/mol. The summed E-state index contributed by atoms with van der Waals surface area (Å²) in [7, 11) is 1.49. The number of hydrogen-bond acceptors (Lipinski definition) is 3. The fourth-order valence-electron chi connectivity index (χ4n) is 1.66. The number of halogens is 2. The van der Waals surface area contributed by atoms with Gasteiger partial charge in [-0.05, 0) is 34.1 Å². The summed E-state index contributed by atoms with van der Waals surface area (Å²) in [6.07, 6.45) is 0.175. The van der Waals surface area contributed by atoms with E-state index < -0.39 is 6.04 Å². The van der Waals surface area contributed by atoms with Crippen LogP contribution in [0.5, 0.6) is 0 Å². The number of carbonyl (C=O) groups is 2. The molecule has 17 heavy (non-hydrogen) atoms. The number of hydrogen-bond donors (Lipinski definition) is 1. The van der Waals surface area contributed by atoms with Gasteiger partial charge in [-0.1, -0.05) is 11.6 Å². The third kappa shape index (κ3) is 2.45. The molecule has 1 aliphatic rings. The molecule has 1 aromatic rings. The normalized spacial score (nSPS) is 19.9. The summed E-state index contributed by atoms with van der Waals surface area (Å²) < 4.78 is 0.803. The Hall–Kier alpha value is -1.07. The summed E-state index contributed by atoms with van der Waals surface area (Å²) in [6.45, 7) is 0. The van der Waals surface area contributed by atoms with Crippen LogP contribution in [0.1, 0.15) is 6.42 Å². The third-order valence-electron chi connectivity index (χ3n) is 2.64. The summed E-state index contributed by atoms with van der Waals surface area (Å²) in [5.74, 6) is -0.396. The number of imide groups is 1. The Morgan fingerprint density at radius 1 is 1.47 bits per heavy atom. The number of carbonyl (C=O) groups excluding carboxylic acids is 2. The van der Waals surface area contributed by atoms with Gasteiger partial charge >= 0.3 is 0 Å². The van der Waals surface area contributed by atoms with Crippen molar-refractivity contribution in [3.05, 3.63) is 27.7 Å². The first-order valence-corrected chi connectivity index (χ1v) is 6.18. The Morgan fingerprint density at radius 2 is 2.18 bits per heavy atom. The second-order valence-electron chi connectivity index (χ2n) is 3.82.